The first kappa shape index (κ1) is 19.3. The predicted octanol–water partition coefficient (Wildman–Crippen LogP) is 5.81. The van der Waals surface area contributed by atoms with Gasteiger partial charge in [0.05, 0.1) is 10.6 Å². The van der Waals surface area contributed by atoms with Gasteiger partial charge >= 0.3 is 0 Å². The Labute approximate surface area is 169 Å². The summed E-state index contributed by atoms with van der Waals surface area (Å²) in [6, 6.07) is 15.3. The Morgan fingerprint density at radius 2 is 1.71 bits per heavy atom. The molecule has 1 fully saturated rings. The predicted molar refractivity (Wildman–Crippen MR) is 115 cm³/mol. The SMILES string of the molecule is C=C(C)[C@@H]1C[C@H]2CCCC[C@@H]2N(S(=O)(=O)c2ccc(C)cc2)c2ccccc21. The molecule has 4 heteroatoms. The summed E-state index contributed by atoms with van der Waals surface area (Å²) < 4.78 is 29.5. The molecule has 148 valence electrons. The number of nitrogens with zero attached hydrogens (tertiary/aromatic N) is 1. The van der Waals surface area contributed by atoms with E-state index >= 15 is 0 Å². The highest BCUT2D eigenvalue weighted by atomic mass is 32.2. The van der Waals surface area contributed by atoms with Gasteiger partial charge in [-0.3, -0.25) is 4.31 Å². The third-order valence-electron chi connectivity index (χ3n) is 6.43. The Kier molecular flexibility index (Phi) is 5.09. The molecule has 0 N–H and O–H groups in total. The van der Waals surface area contributed by atoms with Gasteiger partial charge in [0.1, 0.15) is 0 Å². The smallest absolute Gasteiger partial charge is 0.263 e. The van der Waals surface area contributed by atoms with Crippen molar-refractivity contribution in [2.45, 2.75) is 62.8 Å². The largest absolute Gasteiger partial charge is 0.264 e. The van der Waals surface area contributed by atoms with E-state index in [9.17, 15) is 8.42 Å². The maximum atomic E-state index is 13.8. The Morgan fingerprint density at radius 3 is 2.43 bits per heavy atom. The Bertz CT molecular complexity index is 978. The minimum absolute atomic E-state index is 0.0190. The maximum Gasteiger partial charge on any atom is 0.264 e. The van der Waals surface area contributed by atoms with Gasteiger partial charge in [-0.25, -0.2) is 8.42 Å². The van der Waals surface area contributed by atoms with Crippen molar-refractivity contribution in [3.8, 4) is 0 Å². The van der Waals surface area contributed by atoms with Crippen LogP contribution in [0.2, 0.25) is 0 Å². The van der Waals surface area contributed by atoms with Gasteiger partial charge in [-0.1, -0.05) is 60.9 Å². The summed E-state index contributed by atoms with van der Waals surface area (Å²) in [5.41, 5.74) is 4.12. The van der Waals surface area contributed by atoms with E-state index < -0.39 is 10.0 Å². The molecule has 1 saturated carbocycles. The summed E-state index contributed by atoms with van der Waals surface area (Å²) in [6.07, 6.45) is 5.26. The molecule has 2 aromatic rings. The number of hydrogen-bond acceptors (Lipinski definition) is 2. The van der Waals surface area contributed by atoms with Crippen LogP contribution in [-0.2, 0) is 10.0 Å². The molecule has 0 saturated heterocycles. The van der Waals surface area contributed by atoms with Crippen molar-refractivity contribution in [1.29, 1.82) is 0 Å². The monoisotopic (exact) mass is 395 g/mol. The quantitative estimate of drug-likeness (QED) is 0.615. The van der Waals surface area contributed by atoms with Gasteiger partial charge in [0.25, 0.3) is 10.0 Å². The molecule has 2 aliphatic rings. The number of benzene rings is 2. The number of rotatable bonds is 3. The fraction of sp³-hybridized carbons (Fsp3) is 0.417. The van der Waals surface area contributed by atoms with Crippen molar-refractivity contribution in [2.75, 3.05) is 4.31 Å². The molecular weight excluding hydrogens is 366 g/mol. The van der Waals surface area contributed by atoms with Gasteiger partial charge in [0, 0.05) is 12.0 Å². The number of para-hydroxylation sites is 1. The molecule has 2 aromatic carbocycles. The van der Waals surface area contributed by atoms with Crippen LogP contribution in [-0.4, -0.2) is 14.5 Å². The Balaban J connectivity index is 1.92. The van der Waals surface area contributed by atoms with Crippen LogP contribution in [0.5, 0.6) is 0 Å². The van der Waals surface area contributed by atoms with Gasteiger partial charge in [-0.05, 0) is 62.8 Å². The first-order chi connectivity index (χ1) is 13.4. The fourth-order valence-corrected chi connectivity index (χ4v) is 6.73. The zero-order valence-electron chi connectivity index (χ0n) is 16.8. The maximum absolute atomic E-state index is 13.8. The zero-order valence-corrected chi connectivity index (χ0v) is 17.6. The molecule has 1 aliphatic carbocycles. The second-order valence-corrected chi connectivity index (χ2v) is 10.2. The standard InChI is InChI=1S/C24H29NO2S/c1-17(2)22-16-19-8-4-6-10-23(19)25(24-11-7-5-9-21(22)24)28(26,27)20-14-12-18(3)13-15-20/h5,7,9,11-15,19,22-23H,1,4,6,8,10,16H2,2-3H3/t19-,22+,23+/m1/s1. The molecule has 1 heterocycles. The number of anilines is 1. The first-order valence-corrected chi connectivity index (χ1v) is 11.7. The second kappa shape index (κ2) is 7.40. The topological polar surface area (TPSA) is 37.4 Å². The summed E-state index contributed by atoms with van der Waals surface area (Å²) in [4.78, 5) is 0.381. The molecule has 4 rings (SSSR count). The van der Waals surface area contributed by atoms with Crippen LogP contribution in [0.4, 0.5) is 5.69 Å². The van der Waals surface area contributed by atoms with Crippen molar-refractivity contribution in [3.63, 3.8) is 0 Å². The summed E-state index contributed by atoms with van der Waals surface area (Å²) in [6.45, 7) is 8.30. The number of aryl methyl sites for hydroxylation is 1. The van der Waals surface area contributed by atoms with Crippen molar-refractivity contribution in [1.82, 2.24) is 0 Å². The molecule has 3 nitrogen and oxygen atoms in total. The highest BCUT2D eigenvalue weighted by molar-refractivity contribution is 7.92. The molecule has 3 atom stereocenters. The lowest BCUT2D eigenvalue weighted by Crippen LogP contribution is -2.45. The van der Waals surface area contributed by atoms with Crippen LogP contribution in [0.25, 0.3) is 0 Å². The van der Waals surface area contributed by atoms with Crippen molar-refractivity contribution >= 4 is 15.7 Å². The van der Waals surface area contributed by atoms with Gasteiger partial charge in [0.15, 0.2) is 0 Å². The van der Waals surface area contributed by atoms with Gasteiger partial charge in [0.2, 0.25) is 0 Å². The third kappa shape index (κ3) is 3.28. The van der Waals surface area contributed by atoms with Crippen LogP contribution in [0.15, 0.2) is 65.6 Å². The third-order valence-corrected chi connectivity index (χ3v) is 8.28. The van der Waals surface area contributed by atoms with Crippen LogP contribution >= 0.6 is 0 Å². The van der Waals surface area contributed by atoms with Crippen molar-refractivity contribution < 1.29 is 8.42 Å². The molecular formula is C24H29NO2S. The number of fused-ring (bicyclic) bond motifs is 2. The van der Waals surface area contributed by atoms with Crippen molar-refractivity contribution in [2.24, 2.45) is 5.92 Å². The van der Waals surface area contributed by atoms with Crippen molar-refractivity contribution in [3.05, 3.63) is 71.8 Å². The minimum Gasteiger partial charge on any atom is -0.263 e. The number of sulfonamides is 1. The van der Waals surface area contributed by atoms with Crippen LogP contribution in [0.3, 0.4) is 0 Å². The summed E-state index contributed by atoms with van der Waals surface area (Å²) >= 11 is 0. The van der Waals surface area contributed by atoms with Gasteiger partial charge < -0.3 is 0 Å². The van der Waals surface area contributed by atoms with Crippen LogP contribution in [0.1, 0.15) is 56.1 Å². The van der Waals surface area contributed by atoms with E-state index in [1.165, 1.54) is 6.42 Å². The molecule has 0 spiro atoms. The highest BCUT2D eigenvalue weighted by Crippen LogP contribution is 2.48. The molecule has 28 heavy (non-hydrogen) atoms. The van der Waals surface area contributed by atoms with E-state index in [1.807, 2.05) is 37.3 Å². The lowest BCUT2D eigenvalue weighted by molar-refractivity contribution is 0.290. The van der Waals surface area contributed by atoms with E-state index in [4.69, 9.17) is 0 Å². The van der Waals surface area contributed by atoms with E-state index in [2.05, 4.69) is 19.6 Å². The number of hydrogen-bond donors (Lipinski definition) is 0. The highest BCUT2D eigenvalue weighted by Gasteiger charge is 2.42. The van der Waals surface area contributed by atoms with E-state index in [1.54, 1.807) is 16.4 Å². The van der Waals surface area contributed by atoms with E-state index in [0.29, 0.717) is 10.8 Å². The van der Waals surface area contributed by atoms with Crippen LogP contribution < -0.4 is 4.31 Å². The van der Waals surface area contributed by atoms with Gasteiger partial charge in [-0.15, -0.1) is 0 Å². The molecule has 0 unspecified atom stereocenters. The molecule has 0 aromatic heterocycles. The zero-order chi connectivity index (χ0) is 19.9. The van der Waals surface area contributed by atoms with E-state index in [0.717, 1.165) is 48.1 Å². The average molecular weight is 396 g/mol. The molecule has 0 amide bonds. The second-order valence-electron chi connectivity index (χ2n) is 8.42. The summed E-state index contributed by atoms with van der Waals surface area (Å²) in [7, 11) is -3.63. The van der Waals surface area contributed by atoms with Crippen LogP contribution in [0, 0.1) is 12.8 Å². The molecule has 1 aliphatic heterocycles. The lowest BCUT2D eigenvalue weighted by Gasteiger charge is -2.39. The normalized spacial score (nSPS) is 24.8. The van der Waals surface area contributed by atoms with E-state index in [-0.39, 0.29) is 12.0 Å². The summed E-state index contributed by atoms with van der Waals surface area (Å²) in [5.74, 6) is 0.572. The lowest BCUT2D eigenvalue weighted by atomic mass is 9.77. The summed E-state index contributed by atoms with van der Waals surface area (Å²) in [5, 5.41) is 0. The molecule has 0 bridgehead atoms. The minimum atomic E-state index is -3.63. The number of allylic oxidation sites excluding steroid dienone is 1. The Morgan fingerprint density at radius 1 is 1.04 bits per heavy atom. The Hall–Kier alpha value is -2.07. The first-order valence-electron chi connectivity index (χ1n) is 10.2. The average Bonchev–Trinajstić information content (AvgIpc) is 2.83. The fourth-order valence-electron chi connectivity index (χ4n) is 4.96. The molecule has 0 radical (unpaired) electrons. The van der Waals surface area contributed by atoms with Gasteiger partial charge in [-0.2, -0.15) is 0 Å².